The number of carbonyl (C=O) groups is 1. The Morgan fingerprint density at radius 1 is 1.50 bits per heavy atom. The summed E-state index contributed by atoms with van der Waals surface area (Å²) in [6.07, 6.45) is 1.95. The first-order valence-corrected chi connectivity index (χ1v) is 5.25. The number of nitrogens with two attached hydrogens (primary N) is 1. The fraction of sp³-hybridized carbons (Fsp3) is 0.182. The molecule has 4 N–H and O–H groups in total. The molecule has 0 spiro atoms. The van der Waals surface area contributed by atoms with Gasteiger partial charge in [-0.05, 0) is 11.6 Å². The second-order valence-electron chi connectivity index (χ2n) is 3.77. The summed E-state index contributed by atoms with van der Waals surface area (Å²) >= 11 is 3.96. The number of thiol groups is 1. The Morgan fingerprint density at radius 2 is 2.19 bits per heavy atom. The van der Waals surface area contributed by atoms with E-state index < -0.39 is 10.8 Å². The first-order valence-electron chi connectivity index (χ1n) is 4.80. The van der Waals surface area contributed by atoms with Crippen LogP contribution in [0.2, 0.25) is 0 Å². The van der Waals surface area contributed by atoms with Gasteiger partial charge in [0.05, 0.1) is 0 Å². The molecule has 4 nitrogen and oxygen atoms in total. The van der Waals surface area contributed by atoms with Crippen LogP contribution in [0.15, 0.2) is 30.5 Å². The van der Waals surface area contributed by atoms with Crippen molar-refractivity contribution < 1.29 is 9.90 Å². The summed E-state index contributed by atoms with van der Waals surface area (Å²) in [6.45, 7) is 0. The summed E-state index contributed by atoms with van der Waals surface area (Å²) in [6, 6.07) is 7.66. The SMILES string of the molecule is N[C@](S)(Cc1c[nH]c2ccccc12)C(=O)O. The van der Waals surface area contributed by atoms with Crippen molar-refractivity contribution in [2.24, 2.45) is 5.73 Å². The molecule has 1 aromatic carbocycles. The van der Waals surface area contributed by atoms with Crippen molar-refractivity contribution in [3.05, 3.63) is 36.0 Å². The summed E-state index contributed by atoms with van der Waals surface area (Å²) in [7, 11) is 0. The highest BCUT2D eigenvalue weighted by Crippen LogP contribution is 2.23. The standard InChI is InChI=1S/C11H12N2O2S/c12-11(16,10(14)15)5-7-6-13-9-4-2-1-3-8(7)9/h1-4,6,13,16H,5,12H2,(H,14,15)/t11-/m0/s1. The highest BCUT2D eigenvalue weighted by molar-refractivity contribution is 7.82. The lowest BCUT2D eigenvalue weighted by molar-refractivity contribution is -0.139. The van der Waals surface area contributed by atoms with E-state index in [-0.39, 0.29) is 6.42 Å². The molecule has 0 unspecified atom stereocenters. The number of hydrogen-bond donors (Lipinski definition) is 4. The molecule has 2 aromatic rings. The molecule has 0 aliphatic heterocycles. The maximum absolute atomic E-state index is 10.9. The van der Waals surface area contributed by atoms with E-state index in [4.69, 9.17) is 10.8 Å². The number of aromatic amines is 1. The van der Waals surface area contributed by atoms with Crippen LogP contribution in [0, 0.1) is 0 Å². The highest BCUT2D eigenvalue weighted by atomic mass is 32.1. The van der Waals surface area contributed by atoms with Crippen molar-refractivity contribution in [3.8, 4) is 0 Å². The first kappa shape index (κ1) is 11.0. The number of H-pyrrole nitrogens is 1. The zero-order valence-electron chi connectivity index (χ0n) is 8.47. The largest absolute Gasteiger partial charge is 0.479 e. The van der Waals surface area contributed by atoms with E-state index in [9.17, 15) is 4.79 Å². The van der Waals surface area contributed by atoms with Gasteiger partial charge in [0.2, 0.25) is 0 Å². The average Bonchev–Trinajstić information content (AvgIpc) is 2.61. The molecule has 1 aromatic heterocycles. The number of benzene rings is 1. The molecule has 2 rings (SSSR count). The van der Waals surface area contributed by atoms with Crippen LogP contribution in [0.3, 0.4) is 0 Å². The maximum atomic E-state index is 10.9. The molecule has 0 amide bonds. The van der Waals surface area contributed by atoms with Crippen LogP contribution in [-0.4, -0.2) is 20.9 Å². The lowest BCUT2D eigenvalue weighted by Crippen LogP contribution is -2.44. The van der Waals surface area contributed by atoms with Gasteiger partial charge in [0.1, 0.15) is 0 Å². The van der Waals surface area contributed by atoms with Crippen molar-refractivity contribution in [2.75, 3.05) is 0 Å². The molecule has 0 saturated carbocycles. The van der Waals surface area contributed by atoms with E-state index in [0.717, 1.165) is 16.5 Å². The number of carboxylic acids is 1. The third kappa shape index (κ3) is 1.91. The summed E-state index contributed by atoms with van der Waals surface area (Å²) in [5.41, 5.74) is 7.41. The number of rotatable bonds is 3. The fourth-order valence-electron chi connectivity index (χ4n) is 1.64. The van der Waals surface area contributed by atoms with E-state index in [0.29, 0.717) is 0 Å². The predicted molar refractivity (Wildman–Crippen MR) is 65.5 cm³/mol. The third-order valence-corrected chi connectivity index (χ3v) is 2.85. The Balaban J connectivity index is 2.38. The molecule has 0 fully saturated rings. The van der Waals surface area contributed by atoms with Crippen LogP contribution < -0.4 is 5.73 Å². The Bertz CT molecular complexity index is 534. The van der Waals surface area contributed by atoms with Gasteiger partial charge in [-0.25, -0.2) is 4.79 Å². The number of aliphatic carboxylic acids is 1. The van der Waals surface area contributed by atoms with E-state index in [2.05, 4.69) is 17.6 Å². The van der Waals surface area contributed by atoms with Crippen LogP contribution in [-0.2, 0) is 11.2 Å². The summed E-state index contributed by atoms with van der Waals surface area (Å²) in [4.78, 5) is 12.4. The molecule has 1 atom stereocenters. The lowest BCUT2D eigenvalue weighted by atomic mass is 10.1. The molecule has 0 bridgehead atoms. The smallest absolute Gasteiger partial charge is 0.334 e. The van der Waals surface area contributed by atoms with Crippen LogP contribution in [0.4, 0.5) is 0 Å². The summed E-state index contributed by atoms with van der Waals surface area (Å²) in [5, 5.41) is 9.88. The molecule has 0 aliphatic rings. The van der Waals surface area contributed by atoms with Gasteiger partial charge < -0.3 is 15.8 Å². The van der Waals surface area contributed by atoms with Crippen LogP contribution >= 0.6 is 12.6 Å². The normalized spacial score (nSPS) is 14.9. The van der Waals surface area contributed by atoms with Crippen molar-refractivity contribution in [2.45, 2.75) is 11.3 Å². The molecule has 0 aliphatic carbocycles. The zero-order valence-corrected chi connectivity index (χ0v) is 9.37. The Kier molecular flexibility index (Phi) is 2.65. The van der Waals surface area contributed by atoms with Gasteiger partial charge in [-0.2, -0.15) is 0 Å². The maximum Gasteiger partial charge on any atom is 0.334 e. The van der Waals surface area contributed by atoms with Gasteiger partial charge in [0.25, 0.3) is 0 Å². The Labute approximate surface area is 97.9 Å². The van der Waals surface area contributed by atoms with E-state index in [1.54, 1.807) is 6.20 Å². The van der Waals surface area contributed by atoms with Crippen LogP contribution in [0.1, 0.15) is 5.56 Å². The zero-order chi connectivity index (χ0) is 11.8. The lowest BCUT2D eigenvalue weighted by Gasteiger charge is -2.17. The minimum atomic E-state index is -1.54. The van der Waals surface area contributed by atoms with Crippen molar-refractivity contribution >= 4 is 29.5 Å². The monoisotopic (exact) mass is 236 g/mol. The minimum Gasteiger partial charge on any atom is -0.479 e. The molecule has 5 heteroatoms. The predicted octanol–water partition coefficient (Wildman–Crippen LogP) is 1.38. The van der Waals surface area contributed by atoms with E-state index >= 15 is 0 Å². The van der Waals surface area contributed by atoms with Crippen molar-refractivity contribution in [3.63, 3.8) is 0 Å². The van der Waals surface area contributed by atoms with Crippen molar-refractivity contribution in [1.29, 1.82) is 0 Å². The molecule has 84 valence electrons. The van der Waals surface area contributed by atoms with Crippen LogP contribution in [0.5, 0.6) is 0 Å². The molecular weight excluding hydrogens is 224 g/mol. The number of aromatic nitrogens is 1. The van der Waals surface area contributed by atoms with Crippen molar-refractivity contribution in [1.82, 2.24) is 4.98 Å². The number of carboxylic acid groups (broad SMARTS) is 1. The van der Waals surface area contributed by atoms with E-state index in [1.807, 2.05) is 24.3 Å². The number of para-hydroxylation sites is 1. The summed E-state index contributed by atoms with van der Waals surface area (Å²) in [5.74, 6) is -1.12. The van der Waals surface area contributed by atoms with Gasteiger partial charge in [-0.15, -0.1) is 12.6 Å². The molecule has 0 radical (unpaired) electrons. The second-order valence-corrected chi connectivity index (χ2v) is 4.56. The van der Waals surface area contributed by atoms with Gasteiger partial charge in [0.15, 0.2) is 4.87 Å². The van der Waals surface area contributed by atoms with Gasteiger partial charge in [-0.3, -0.25) is 0 Å². The molecule has 0 saturated heterocycles. The number of fused-ring (bicyclic) bond motifs is 1. The Hall–Kier alpha value is -1.46. The van der Waals surface area contributed by atoms with E-state index in [1.165, 1.54) is 0 Å². The third-order valence-electron chi connectivity index (χ3n) is 2.51. The minimum absolute atomic E-state index is 0.176. The van der Waals surface area contributed by atoms with Crippen LogP contribution in [0.25, 0.3) is 10.9 Å². The molecule has 1 heterocycles. The quantitative estimate of drug-likeness (QED) is 0.480. The van der Waals surface area contributed by atoms with Gasteiger partial charge in [0, 0.05) is 23.5 Å². The molecular formula is C11H12N2O2S. The fourth-order valence-corrected chi connectivity index (χ4v) is 1.81. The highest BCUT2D eigenvalue weighted by Gasteiger charge is 2.30. The summed E-state index contributed by atoms with van der Waals surface area (Å²) < 4.78 is 0. The second kappa shape index (κ2) is 3.84. The molecule has 16 heavy (non-hydrogen) atoms. The first-order chi connectivity index (χ1) is 7.50. The average molecular weight is 236 g/mol. The number of nitrogens with one attached hydrogen (secondary N) is 1. The number of hydrogen-bond acceptors (Lipinski definition) is 3. The topological polar surface area (TPSA) is 79.1 Å². The van der Waals surface area contributed by atoms with Gasteiger partial charge >= 0.3 is 5.97 Å². The Morgan fingerprint density at radius 3 is 2.88 bits per heavy atom. The van der Waals surface area contributed by atoms with Gasteiger partial charge in [-0.1, -0.05) is 18.2 Å².